The van der Waals surface area contributed by atoms with Gasteiger partial charge in [0.25, 0.3) is 0 Å². The average molecular weight is 432 g/mol. The normalized spacial score (nSPS) is 12.0. The van der Waals surface area contributed by atoms with Crippen LogP contribution in [0.2, 0.25) is 0 Å². The van der Waals surface area contributed by atoms with Crippen molar-refractivity contribution >= 4 is 0 Å². The molecule has 0 heterocycles. The summed E-state index contributed by atoms with van der Waals surface area (Å²) < 4.78 is 11.2. The minimum absolute atomic E-state index is 0. The Morgan fingerprint density at radius 1 is 0.391 bits per heavy atom. The fourth-order valence-electron chi connectivity index (χ4n) is 3.79. The van der Waals surface area contributed by atoms with Crippen LogP contribution in [0.3, 0.4) is 0 Å². The van der Waals surface area contributed by atoms with Gasteiger partial charge in [0.15, 0.2) is 0 Å². The summed E-state index contributed by atoms with van der Waals surface area (Å²) in [5, 5.41) is 0. The Morgan fingerprint density at radius 2 is 0.522 bits per heavy atom. The van der Waals surface area contributed by atoms with Crippen LogP contribution in [0.15, 0.2) is 0 Å². The Morgan fingerprint density at radius 3 is 0.609 bits per heavy atom. The van der Waals surface area contributed by atoms with Crippen molar-refractivity contribution in [1.29, 1.82) is 0 Å². The van der Waals surface area contributed by atoms with Crippen LogP contribution in [0.5, 0.6) is 0 Å². The summed E-state index contributed by atoms with van der Waals surface area (Å²) >= 11 is -2.64. The number of rotatable bonds is 12. The molecule has 0 unspecified atom stereocenters. The molecule has 0 spiro atoms. The van der Waals surface area contributed by atoms with Crippen molar-refractivity contribution in [3.63, 3.8) is 0 Å². The molecule has 0 fully saturated rings. The predicted molar refractivity (Wildman–Crippen MR) is 91.7 cm³/mol. The molecular weight excluding hydrogens is 392 g/mol. The summed E-state index contributed by atoms with van der Waals surface area (Å²) in [7, 11) is 0. The minimum atomic E-state index is -2.64. The van der Waals surface area contributed by atoms with Crippen molar-refractivity contribution in [2.24, 2.45) is 0 Å². The molecule has 136 valence electrons. The van der Waals surface area contributed by atoms with Gasteiger partial charge < -0.3 is 0 Å². The van der Waals surface area contributed by atoms with E-state index >= 15 is 0 Å². The van der Waals surface area contributed by atoms with Crippen LogP contribution in [-0.4, -0.2) is 65.9 Å². The molecule has 0 saturated heterocycles. The van der Waals surface area contributed by atoms with E-state index in [4.69, 9.17) is 0 Å². The third-order valence-corrected chi connectivity index (χ3v) is 14.0. The van der Waals surface area contributed by atoms with E-state index in [1.807, 2.05) is 0 Å². The maximum absolute atomic E-state index is 2.81. The van der Waals surface area contributed by atoms with Gasteiger partial charge in [-0.25, -0.2) is 0 Å². The van der Waals surface area contributed by atoms with Gasteiger partial charge >= 0.3 is 139 Å². The van der Waals surface area contributed by atoms with Gasteiger partial charge in [-0.1, -0.05) is 0 Å². The Bertz CT molecular complexity index is 200. The van der Waals surface area contributed by atoms with E-state index in [1.165, 1.54) is 0 Å². The SMILES string of the molecule is CC[N](CC)[Ti]([N](CC)CC)([N](CC)CC)[N](CC)CC.[Ti].[Ti]. The maximum Gasteiger partial charge on any atom is 0 e. The fraction of sp³-hybridized carbons (Fsp3) is 1.00. The average Bonchev–Trinajstić information content (AvgIpc) is 2.51. The van der Waals surface area contributed by atoms with E-state index in [0.717, 1.165) is 52.4 Å². The molecule has 0 atom stereocenters. The van der Waals surface area contributed by atoms with Gasteiger partial charge in [-0.2, -0.15) is 0 Å². The zero-order valence-electron chi connectivity index (χ0n) is 16.9. The van der Waals surface area contributed by atoms with E-state index in [2.05, 4.69) is 68.9 Å². The van der Waals surface area contributed by atoms with Crippen molar-refractivity contribution in [2.75, 3.05) is 52.4 Å². The summed E-state index contributed by atoms with van der Waals surface area (Å²) in [6, 6.07) is 0. The Labute approximate surface area is 181 Å². The quantitative estimate of drug-likeness (QED) is 0.440. The molecular formula is C16H40N4Ti3. The van der Waals surface area contributed by atoms with Crippen LogP contribution >= 0.6 is 0 Å². The van der Waals surface area contributed by atoms with Gasteiger partial charge in [0.2, 0.25) is 0 Å². The summed E-state index contributed by atoms with van der Waals surface area (Å²) in [5.74, 6) is 0. The maximum atomic E-state index is 2.81. The Balaban J connectivity index is -0.00000200. The molecule has 0 aromatic rings. The smallest absolute Gasteiger partial charge is 0 e. The third-order valence-electron chi connectivity index (χ3n) is 4.75. The van der Waals surface area contributed by atoms with Crippen LogP contribution < -0.4 is 0 Å². The van der Waals surface area contributed by atoms with Crippen LogP contribution in [0.25, 0.3) is 0 Å². The molecule has 0 rings (SSSR count). The first-order valence-electron chi connectivity index (χ1n) is 9.08. The van der Waals surface area contributed by atoms with Gasteiger partial charge in [-0.3, -0.25) is 0 Å². The standard InChI is InChI=1S/4C4H10N.3Ti/c4*1-3-5-4-2;;;/h4*3-4H2,1-2H3;;;/q4*-1;;;+4. The summed E-state index contributed by atoms with van der Waals surface area (Å²) in [4.78, 5) is 0. The molecule has 0 saturated carbocycles. The first kappa shape index (κ1) is 29.7. The van der Waals surface area contributed by atoms with E-state index in [0.29, 0.717) is 0 Å². The van der Waals surface area contributed by atoms with Crippen molar-refractivity contribution < 1.29 is 61.0 Å². The van der Waals surface area contributed by atoms with Crippen molar-refractivity contribution in [1.82, 2.24) is 13.5 Å². The summed E-state index contributed by atoms with van der Waals surface area (Å²) in [6.45, 7) is 27.9. The molecule has 23 heavy (non-hydrogen) atoms. The summed E-state index contributed by atoms with van der Waals surface area (Å²) in [5.41, 5.74) is 0. The Hall–Kier alpha value is 1.98. The van der Waals surface area contributed by atoms with Gasteiger partial charge in [-0.15, -0.1) is 0 Å². The molecule has 4 nitrogen and oxygen atoms in total. The van der Waals surface area contributed by atoms with E-state index in [9.17, 15) is 0 Å². The minimum Gasteiger partial charge on any atom is 0 e. The molecule has 0 aliphatic carbocycles. The number of hydrogen-bond acceptors (Lipinski definition) is 4. The van der Waals surface area contributed by atoms with Crippen LogP contribution in [0.1, 0.15) is 55.4 Å². The molecule has 0 bridgehead atoms. The molecule has 0 aromatic heterocycles. The molecule has 0 aliphatic rings. The second-order valence-electron chi connectivity index (χ2n) is 5.29. The van der Waals surface area contributed by atoms with Gasteiger partial charge in [0.05, 0.1) is 0 Å². The van der Waals surface area contributed by atoms with Crippen LogP contribution in [0, 0.1) is 0 Å². The second kappa shape index (κ2) is 16.2. The van der Waals surface area contributed by atoms with Gasteiger partial charge in [0, 0.05) is 43.4 Å². The molecule has 0 N–H and O–H groups in total. The van der Waals surface area contributed by atoms with Crippen molar-refractivity contribution in [2.45, 2.75) is 55.4 Å². The van der Waals surface area contributed by atoms with E-state index in [1.54, 1.807) is 0 Å². The first-order chi connectivity index (χ1) is 10.1. The zero-order valence-corrected chi connectivity index (χ0v) is 21.6. The van der Waals surface area contributed by atoms with Crippen LogP contribution in [0.4, 0.5) is 0 Å². The topological polar surface area (TPSA) is 13.0 Å². The van der Waals surface area contributed by atoms with Crippen LogP contribution in [-0.2, 0) is 61.0 Å². The molecule has 0 aromatic carbocycles. The number of hydrogen-bond donors (Lipinski definition) is 0. The third kappa shape index (κ3) is 6.58. The van der Waals surface area contributed by atoms with E-state index in [-0.39, 0.29) is 43.4 Å². The Kier molecular flexibility index (Phi) is 20.9. The first-order valence-corrected chi connectivity index (χ1v) is 11.9. The van der Waals surface area contributed by atoms with Gasteiger partial charge in [-0.05, 0) is 0 Å². The molecule has 7 heteroatoms. The van der Waals surface area contributed by atoms with Crippen molar-refractivity contribution in [3.05, 3.63) is 0 Å². The predicted octanol–water partition coefficient (Wildman–Crippen LogP) is 3.16. The summed E-state index contributed by atoms with van der Waals surface area (Å²) in [6.07, 6.45) is 0. The molecule has 0 radical (unpaired) electrons. The second-order valence-corrected chi connectivity index (χ2v) is 11.1. The van der Waals surface area contributed by atoms with Gasteiger partial charge in [0.1, 0.15) is 0 Å². The zero-order chi connectivity index (χ0) is 16.5. The largest absolute Gasteiger partial charge is 0 e. The van der Waals surface area contributed by atoms with E-state index < -0.39 is 17.6 Å². The fourth-order valence-corrected chi connectivity index (χ4v) is 12.8. The number of nitrogens with zero attached hydrogens (tertiary/aromatic N) is 4. The molecule has 0 aliphatic heterocycles. The van der Waals surface area contributed by atoms with Crippen molar-refractivity contribution in [3.8, 4) is 0 Å². The molecule has 0 amide bonds. The monoisotopic (exact) mass is 432 g/mol.